The van der Waals surface area contributed by atoms with Gasteiger partial charge in [0.25, 0.3) is 0 Å². The molecule has 0 aromatic rings. The van der Waals surface area contributed by atoms with Crippen LogP contribution in [-0.2, 0) is 23.7 Å². The highest BCUT2D eigenvalue weighted by molar-refractivity contribution is 8.09. The molecule has 11 nitrogen and oxygen atoms in total. The van der Waals surface area contributed by atoms with Gasteiger partial charge in [0.2, 0.25) is 0 Å². The van der Waals surface area contributed by atoms with Crippen molar-refractivity contribution in [3.05, 3.63) is 0 Å². The Morgan fingerprint density at radius 3 is 1.80 bits per heavy atom. The normalized spacial score (nSPS) is 53.1. The van der Waals surface area contributed by atoms with Gasteiger partial charge in [0.1, 0.15) is 27.9 Å². The van der Waals surface area contributed by atoms with E-state index in [4.69, 9.17) is 18.9 Å². The zero-order valence-corrected chi connectivity index (χ0v) is 39.3. The van der Waals surface area contributed by atoms with Crippen molar-refractivity contribution in [3.63, 3.8) is 0 Å². The average Bonchev–Trinajstić information content (AvgIpc) is 4.21. The van der Waals surface area contributed by atoms with Crippen molar-refractivity contribution in [2.75, 3.05) is 115 Å². The SMILES string of the molecule is C1CCC(C2(N3CCNCC3)N(C3(C4CS4)SCCCC3(C3CO3)N3CC3)C(C3CCO3)(N3CCC3)C(C3CCCO3)(C3CCS3)OC2(C2CCCS2)N2CCCC2)OC1. The first kappa shape index (κ1) is 41.2. The minimum Gasteiger partial charge on any atom is -0.375 e. The Kier molecular flexibility index (Phi) is 10.8. The van der Waals surface area contributed by atoms with Crippen LogP contribution in [0, 0.1) is 0 Å². The summed E-state index contributed by atoms with van der Waals surface area (Å²) in [6.45, 7) is 14.2. The maximum atomic E-state index is 9.45. The van der Waals surface area contributed by atoms with Gasteiger partial charge in [-0.2, -0.15) is 35.3 Å². The summed E-state index contributed by atoms with van der Waals surface area (Å²) in [7, 11) is 0. The monoisotopic (exact) mass is 904 g/mol. The Hall–Kier alpha value is 0.960. The lowest BCUT2D eigenvalue weighted by Gasteiger charge is -2.85. The van der Waals surface area contributed by atoms with E-state index in [1.54, 1.807) is 0 Å². The maximum Gasteiger partial charge on any atom is 0.169 e. The molecule has 13 fully saturated rings. The van der Waals surface area contributed by atoms with Crippen molar-refractivity contribution < 1.29 is 23.7 Å². The molecular weight excluding hydrogens is 833 g/mol. The van der Waals surface area contributed by atoms with E-state index in [-0.39, 0.29) is 34.8 Å². The van der Waals surface area contributed by atoms with E-state index in [0.717, 1.165) is 111 Å². The van der Waals surface area contributed by atoms with Crippen molar-refractivity contribution in [2.24, 2.45) is 0 Å². The predicted octanol–water partition coefficient (Wildman–Crippen LogP) is 4.58. The minimum absolute atomic E-state index is 0.00130. The number of hydrogen-bond donors (Lipinski definition) is 1. The molecule has 60 heavy (non-hydrogen) atoms. The van der Waals surface area contributed by atoms with Gasteiger partial charge in [-0.1, -0.05) is 0 Å². The molecule has 1 N–H and O–H groups in total. The Labute approximate surface area is 376 Å². The quantitative estimate of drug-likeness (QED) is 0.278. The summed E-state index contributed by atoms with van der Waals surface area (Å²) in [6.07, 6.45) is 16.8. The fourth-order valence-corrected chi connectivity index (χ4v) is 21.3. The van der Waals surface area contributed by atoms with Crippen LogP contribution >= 0.6 is 47.0 Å². The van der Waals surface area contributed by atoms with Gasteiger partial charge >= 0.3 is 0 Å². The summed E-state index contributed by atoms with van der Waals surface area (Å²) < 4.78 is 39.1. The number of likely N-dealkylation sites (tertiary alicyclic amines) is 2. The first-order valence-corrected chi connectivity index (χ1v) is 29.0. The summed E-state index contributed by atoms with van der Waals surface area (Å²) in [5, 5.41) is 5.05. The topological polar surface area (TPSA) is 77.5 Å². The van der Waals surface area contributed by atoms with Gasteiger partial charge in [-0.25, -0.2) is 4.90 Å². The van der Waals surface area contributed by atoms with Crippen molar-refractivity contribution in [1.29, 1.82) is 0 Å². The molecule has 0 spiro atoms. The van der Waals surface area contributed by atoms with Crippen LogP contribution < -0.4 is 5.32 Å². The zero-order chi connectivity index (χ0) is 39.6. The van der Waals surface area contributed by atoms with E-state index in [2.05, 4.69) is 76.9 Å². The minimum atomic E-state index is -0.621. The third-order valence-electron chi connectivity index (χ3n) is 18.0. The molecule has 0 aromatic carbocycles. The molecule has 13 saturated heterocycles. The van der Waals surface area contributed by atoms with E-state index < -0.39 is 22.7 Å². The molecule has 13 atom stereocenters. The first-order valence-electron chi connectivity index (χ1n) is 24.9. The van der Waals surface area contributed by atoms with Crippen LogP contribution in [0.1, 0.15) is 89.9 Å². The smallest absolute Gasteiger partial charge is 0.169 e. The second-order valence-corrected chi connectivity index (χ2v) is 25.7. The van der Waals surface area contributed by atoms with E-state index in [1.165, 1.54) is 93.9 Å². The fourth-order valence-electron chi connectivity index (χ4n) is 15.4. The molecule has 0 radical (unpaired) electrons. The lowest BCUT2D eigenvalue weighted by Crippen LogP contribution is -3.04. The highest BCUT2D eigenvalue weighted by Gasteiger charge is 2.91. The average molecular weight is 905 g/mol. The van der Waals surface area contributed by atoms with Crippen LogP contribution in [0.3, 0.4) is 0 Å². The largest absolute Gasteiger partial charge is 0.375 e. The zero-order valence-electron chi connectivity index (χ0n) is 36.1. The van der Waals surface area contributed by atoms with E-state index in [0.29, 0.717) is 15.7 Å². The molecule has 0 bridgehead atoms. The van der Waals surface area contributed by atoms with Gasteiger partial charge in [-0.3, -0.25) is 19.6 Å². The molecule has 13 rings (SSSR count). The Morgan fingerprint density at radius 2 is 1.22 bits per heavy atom. The predicted molar refractivity (Wildman–Crippen MR) is 243 cm³/mol. The molecule has 0 aliphatic carbocycles. The number of nitrogens with zero attached hydrogens (tertiary/aromatic N) is 5. The molecule has 0 amide bonds. The number of thioether (sulfide) groups is 4. The number of hydrogen-bond acceptors (Lipinski definition) is 15. The standard InChI is InChI=1S/C45H72N6O5S4/c1-4-25-53-34(9-1)43(49-21-15-46-16-22-49)44(38-11-6-28-57-38,50-17-2-3-18-50)56-41(37-13-30-58-37,33-10-5-26-52-33)42(35-12-27-54-35,48-19-8-20-48)51(43)45(39-32-59-39)40(36-31-55-36,47-23-24-47)14-7-29-60-45/h33-39,46H,1-32H2. The second-order valence-electron chi connectivity index (χ2n) is 20.5. The van der Waals surface area contributed by atoms with Crippen LogP contribution in [0.2, 0.25) is 0 Å². The summed E-state index contributed by atoms with van der Waals surface area (Å²) in [4.78, 5) is 15.4. The summed E-state index contributed by atoms with van der Waals surface area (Å²) >= 11 is 9.20. The van der Waals surface area contributed by atoms with Gasteiger partial charge in [0.15, 0.2) is 5.72 Å². The number of morpholine rings is 1. The van der Waals surface area contributed by atoms with Crippen LogP contribution in [0.4, 0.5) is 0 Å². The fraction of sp³-hybridized carbons (Fsp3) is 1.00. The molecular formula is C45H72N6O5S4. The number of ether oxygens (including phenoxy) is 5. The van der Waals surface area contributed by atoms with Gasteiger partial charge in [-0.15, -0.1) is 11.8 Å². The molecule has 13 unspecified atom stereocenters. The van der Waals surface area contributed by atoms with Crippen molar-refractivity contribution in [1.82, 2.24) is 29.8 Å². The van der Waals surface area contributed by atoms with Crippen LogP contribution in [0.25, 0.3) is 0 Å². The molecule has 0 saturated carbocycles. The molecule has 15 heteroatoms. The maximum absolute atomic E-state index is 9.45. The van der Waals surface area contributed by atoms with Gasteiger partial charge in [0.05, 0.1) is 35.7 Å². The molecule has 13 aliphatic rings. The second kappa shape index (κ2) is 15.8. The lowest BCUT2D eigenvalue weighted by atomic mass is 9.60. The van der Waals surface area contributed by atoms with E-state index in [1.807, 2.05) is 0 Å². The van der Waals surface area contributed by atoms with Gasteiger partial charge in [-0.05, 0) is 101 Å². The number of nitrogens with one attached hydrogen (secondary N) is 1. The lowest BCUT2D eigenvalue weighted by molar-refractivity contribution is -0.480. The Balaban J connectivity index is 1.22. The molecule has 13 aliphatic heterocycles. The van der Waals surface area contributed by atoms with E-state index in [9.17, 15) is 4.74 Å². The molecule has 336 valence electrons. The van der Waals surface area contributed by atoms with Crippen molar-refractivity contribution in [3.8, 4) is 0 Å². The number of epoxide rings is 1. The Morgan fingerprint density at radius 1 is 0.500 bits per heavy atom. The number of rotatable bonds is 12. The summed E-state index contributed by atoms with van der Waals surface area (Å²) in [5.74, 6) is 4.84. The van der Waals surface area contributed by atoms with Gasteiger partial charge < -0.3 is 29.0 Å². The van der Waals surface area contributed by atoms with E-state index >= 15 is 0 Å². The third-order valence-corrected chi connectivity index (χ3v) is 23.8. The summed E-state index contributed by atoms with van der Waals surface area (Å²) in [6, 6.07) is 0. The molecule has 13 heterocycles. The number of piperazine rings is 1. The Bertz CT molecular complexity index is 1510. The molecule has 0 aromatic heterocycles. The van der Waals surface area contributed by atoms with Crippen LogP contribution in [-0.4, -0.2) is 213 Å². The van der Waals surface area contributed by atoms with Crippen LogP contribution in [0.5, 0.6) is 0 Å². The highest BCUT2D eigenvalue weighted by Crippen LogP contribution is 2.75. The van der Waals surface area contributed by atoms with Crippen molar-refractivity contribution >= 4 is 47.0 Å². The third kappa shape index (κ3) is 5.43. The van der Waals surface area contributed by atoms with Crippen molar-refractivity contribution in [2.45, 2.75) is 163 Å². The van der Waals surface area contributed by atoms with Crippen LogP contribution in [0.15, 0.2) is 0 Å². The highest BCUT2D eigenvalue weighted by atomic mass is 32.2. The van der Waals surface area contributed by atoms with Gasteiger partial charge in [0, 0.05) is 108 Å². The summed E-state index contributed by atoms with van der Waals surface area (Å²) in [5.41, 5.74) is -2.47. The first-order chi connectivity index (χ1) is 29.7.